The van der Waals surface area contributed by atoms with Crippen LogP contribution in [0.25, 0.3) is 0 Å². The molecule has 1 aliphatic carbocycles. The molecule has 6 heteroatoms. The van der Waals surface area contributed by atoms with Crippen LogP contribution in [-0.4, -0.2) is 41.8 Å². The van der Waals surface area contributed by atoms with Crippen molar-refractivity contribution in [3.63, 3.8) is 0 Å². The van der Waals surface area contributed by atoms with Crippen LogP contribution in [0.1, 0.15) is 71.1 Å². The van der Waals surface area contributed by atoms with E-state index < -0.39 is 10.1 Å². The van der Waals surface area contributed by atoms with Crippen molar-refractivity contribution in [2.24, 2.45) is 5.92 Å². The zero-order valence-corrected chi connectivity index (χ0v) is 16.1. The Balaban J connectivity index is 0.000000284. The van der Waals surface area contributed by atoms with Crippen LogP contribution in [0.15, 0.2) is 0 Å². The SMILES string of the molecule is CCCCS(=O)(=O)[O-].O=C(C[S+]1CCCCC1)C1CCCCC1. The van der Waals surface area contributed by atoms with Crippen LogP contribution in [0.3, 0.4) is 0 Å². The molecule has 23 heavy (non-hydrogen) atoms. The maximum atomic E-state index is 12.1. The van der Waals surface area contributed by atoms with Gasteiger partial charge in [-0.15, -0.1) is 0 Å². The lowest BCUT2D eigenvalue weighted by Crippen LogP contribution is -2.30. The number of hydrogen-bond acceptors (Lipinski definition) is 4. The van der Waals surface area contributed by atoms with Crippen LogP contribution in [0.5, 0.6) is 0 Å². The van der Waals surface area contributed by atoms with E-state index in [-0.39, 0.29) is 5.75 Å². The van der Waals surface area contributed by atoms with Gasteiger partial charge in [-0.25, -0.2) is 8.42 Å². The monoisotopic (exact) mass is 364 g/mol. The van der Waals surface area contributed by atoms with E-state index in [4.69, 9.17) is 0 Å². The number of unbranched alkanes of at least 4 members (excludes halogenated alkanes) is 1. The van der Waals surface area contributed by atoms with Crippen molar-refractivity contribution < 1.29 is 17.8 Å². The summed E-state index contributed by atoms with van der Waals surface area (Å²) < 4.78 is 29.5. The van der Waals surface area contributed by atoms with E-state index in [0.717, 1.165) is 12.2 Å². The Kier molecular flexibility index (Phi) is 10.5. The zero-order chi connectivity index (χ0) is 17.1. The van der Waals surface area contributed by atoms with Crippen LogP contribution in [0.2, 0.25) is 0 Å². The Bertz CT molecular complexity index is 422. The molecule has 136 valence electrons. The third kappa shape index (κ3) is 10.4. The fourth-order valence-electron chi connectivity index (χ4n) is 3.10. The molecule has 2 fully saturated rings. The number of ketones is 1. The second-order valence-corrected chi connectivity index (χ2v) is 10.5. The Labute approximate surface area is 144 Å². The molecule has 0 aromatic carbocycles. The third-order valence-corrected chi connectivity index (χ3v) is 7.73. The normalized spacial score (nSPS) is 20.6. The molecule has 0 amide bonds. The standard InChI is InChI=1S/C13H23OS.C4H10O3S/c14-13(12-7-3-1-4-8-12)11-15-9-5-2-6-10-15;1-2-3-4-8(5,6)7/h12H,1-11H2;2-4H2,1H3,(H,5,6,7)/q+1;/p-1. The third-order valence-electron chi connectivity index (χ3n) is 4.52. The van der Waals surface area contributed by atoms with E-state index in [9.17, 15) is 17.8 Å². The minimum Gasteiger partial charge on any atom is -0.748 e. The average molecular weight is 365 g/mol. The Morgan fingerprint density at radius 2 is 1.61 bits per heavy atom. The largest absolute Gasteiger partial charge is 0.748 e. The molecule has 0 atom stereocenters. The van der Waals surface area contributed by atoms with E-state index in [0.29, 0.717) is 29.0 Å². The Hall–Kier alpha value is -0.0700. The molecular weight excluding hydrogens is 332 g/mol. The molecule has 0 radical (unpaired) electrons. The summed E-state index contributed by atoms with van der Waals surface area (Å²) in [7, 11) is -3.46. The molecule has 0 aromatic heterocycles. The molecule has 2 rings (SSSR count). The van der Waals surface area contributed by atoms with Gasteiger partial charge < -0.3 is 4.55 Å². The number of Topliss-reactive ketones (excluding diaryl/α,β-unsaturated/α-hetero) is 1. The number of carbonyl (C=O) groups excluding carboxylic acids is 1. The van der Waals surface area contributed by atoms with Gasteiger partial charge in [0.15, 0.2) is 11.5 Å². The lowest BCUT2D eigenvalue weighted by atomic mass is 9.87. The molecule has 1 heterocycles. The predicted octanol–water partition coefficient (Wildman–Crippen LogP) is 3.27. The van der Waals surface area contributed by atoms with E-state index >= 15 is 0 Å². The van der Waals surface area contributed by atoms with Crippen molar-refractivity contribution in [3.8, 4) is 0 Å². The quantitative estimate of drug-likeness (QED) is 0.535. The molecular formula is C17H32O4S2. The number of hydrogen-bond donors (Lipinski definition) is 0. The summed E-state index contributed by atoms with van der Waals surface area (Å²) in [5.74, 6) is 4.47. The zero-order valence-electron chi connectivity index (χ0n) is 14.4. The fourth-order valence-corrected chi connectivity index (χ4v) is 6.10. The lowest BCUT2D eigenvalue weighted by molar-refractivity contribution is -0.121. The summed E-state index contributed by atoms with van der Waals surface area (Å²) in [6, 6.07) is 0. The maximum absolute atomic E-state index is 12.1. The molecule has 4 nitrogen and oxygen atoms in total. The fraction of sp³-hybridized carbons (Fsp3) is 0.941. The molecule has 0 unspecified atom stereocenters. The topological polar surface area (TPSA) is 74.3 Å². The van der Waals surface area contributed by atoms with Crippen molar-refractivity contribution in [2.45, 2.75) is 71.1 Å². The highest BCUT2D eigenvalue weighted by molar-refractivity contribution is 7.97. The molecule has 2 aliphatic rings. The summed E-state index contributed by atoms with van der Waals surface area (Å²) in [5, 5.41) is 0. The molecule has 1 saturated carbocycles. The van der Waals surface area contributed by atoms with Crippen LogP contribution < -0.4 is 0 Å². The minimum atomic E-state index is -3.94. The first-order chi connectivity index (χ1) is 10.9. The maximum Gasteiger partial charge on any atom is 0.184 e. The minimum absolute atomic E-state index is 0.219. The van der Waals surface area contributed by atoms with E-state index in [2.05, 4.69) is 0 Å². The van der Waals surface area contributed by atoms with Crippen LogP contribution >= 0.6 is 0 Å². The Morgan fingerprint density at radius 3 is 2.09 bits per heavy atom. The van der Waals surface area contributed by atoms with Crippen molar-refractivity contribution in [2.75, 3.05) is 23.0 Å². The number of carbonyl (C=O) groups is 1. The van der Waals surface area contributed by atoms with Crippen molar-refractivity contribution in [3.05, 3.63) is 0 Å². The van der Waals surface area contributed by atoms with Gasteiger partial charge in [0, 0.05) is 11.7 Å². The lowest BCUT2D eigenvalue weighted by Gasteiger charge is -2.21. The van der Waals surface area contributed by atoms with Crippen LogP contribution in [-0.2, 0) is 25.8 Å². The second kappa shape index (κ2) is 11.5. The smallest absolute Gasteiger partial charge is 0.184 e. The van der Waals surface area contributed by atoms with Gasteiger partial charge in [-0.2, -0.15) is 0 Å². The van der Waals surface area contributed by atoms with Crippen molar-refractivity contribution in [1.82, 2.24) is 0 Å². The molecule has 1 saturated heterocycles. The van der Waals surface area contributed by atoms with Gasteiger partial charge in [0.2, 0.25) is 0 Å². The average Bonchev–Trinajstić information content (AvgIpc) is 2.54. The molecule has 1 aliphatic heterocycles. The van der Waals surface area contributed by atoms with Gasteiger partial charge in [-0.1, -0.05) is 32.6 Å². The van der Waals surface area contributed by atoms with E-state index in [1.54, 1.807) is 0 Å². The summed E-state index contributed by atoms with van der Waals surface area (Å²) >= 11 is 0. The molecule has 0 aromatic rings. The first kappa shape index (κ1) is 21.0. The first-order valence-electron chi connectivity index (χ1n) is 9.02. The van der Waals surface area contributed by atoms with Gasteiger partial charge >= 0.3 is 0 Å². The summed E-state index contributed by atoms with van der Waals surface area (Å²) in [4.78, 5) is 12.1. The molecule has 0 spiro atoms. The highest BCUT2D eigenvalue weighted by Crippen LogP contribution is 2.25. The van der Waals surface area contributed by atoms with Gasteiger partial charge in [-0.3, -0.25) is 4.79 Å². The van der Waals surface area contributed by atoms with Crippen LogP contribution in [0.4, 0.5) is 0 Å². The highest BCUT2D eigenvalue weighted by atomic mass is 32.2. The highest BCUT2D eigenvalue weighted by Gasteiger charge is 2.29. The summed E-state index contributed by atoms with van der Waals surface area (Å²) in [6.07, 6.45) is 11.7. The van der Waals surface area contributed by atoms with Gasteiger partial charge in [0.1, 0.15) is 11.5 Å². The van der Waals surface area contributed by atoms with Crippen LogP contribution in [0, 0.1) is 5.92 Å². The predicted molar refractivity (Wildman–Crippen MR) is 96.9 cm³/mol. The molecule has 0 N–H and O–H groups in total. The van der Waals surface area contributed by atoms with Gasteiger partial charge in [0.25, 0.3) is 0 Å². The molecule has 0 bridgehead atoms. The van der Waals surface area contributed by atoms with Gasteiger partial charge in [-0.05, 0) is 49.4 Å². The van der Waals surface area contributed by atoms with Gasteiger partial charge in [0.05, 0.1) is 10.1 Å². The van der Waals surface area contributed by atoms with Crippen molar-refractivity contribution in [1.29, 1.82) is 0 Å². The van der Waals surface area contributed by atoms with Crippen molar-refractivity contribution >= 4 is 26.8 Å². The summed E-state index contributed by atoms with van der Waals surface area (Å²) in [5.41, 5.74) is 0. The summed E-state index contributed by atoms with van der Waals surface area (Å²) in [6.45, 7) is 1.84. The Morgan fingerprint density at radius 1 is 1.04 bits per heavy atom. The van der Waals surface area contributed by atoms with E-state index in [1.807, 2.05) is 6.92 Å². The number of rotatable bonds is 6. The first-order valence-corrected chi connectivity index (χ1v) is 12.3. The van der Waals surface area contributed by atoms with E-state index in [1.165, 1.54) is 62.9 Å². The second-order valence-electron chi connectivity index (χ2n) is 6.64.